The van der Waals surface area contributed by atoms with Crippen molar-refractivity contribution in [3.8, 4) is 0 Å². The molecule has 0 bridgehead atoms. The van der Waals surface area contributed by atoms with E-state index in [1.807, 2.05) is 24.8 Å². The lowest BCUT2D eigenvalue weighted by Gasteiger charge is -2.23. The fourth-order valence-electron chi connectivity index (χ4n) is 4.31. The fraction of sp³-hybridized carbons (Fsp3) is 0.450. The number of aryl methyl sites for hydroxylation is 2. The van der Waals surface area contributed by atoms with Crippen molar-refractivity contribution in [3.63, 3.8) is 0 Å². The standard InChI is InChI=1S/C20H24FN5O/c1-12-6-13(2)24-20(23-12)26-10-14-8-25(9-15(14)11-26)19(27)16-4-3-5-18(21)17(16)7-22/h3-6,14-15H,7-11,22H2,1-2H3. The Morgan fingerprint density at radius 2 is 1.78 bits per heavy atom. The molecule has 2 saturated heterocycles. The molecule has 7 heteroatoms. The Morgan fingerprint density at radius 3 is 2.37 bits per heavy atom. The van der Waals surface area contributed by atoms with Crippen LogP contribution in [-0.2, 0) is 6.54 Å². The summed E-state index contributed by atoms with van der Waals surface area (Å²) in [5, 5.41) is 0. The molecule has 0 saturated carbocycles. The van der Waals surface area contributed by atoms with Gasteiger partial charge < -0.3 is 15.5 Å². The van der Waals surface area contributed by atoms with E-state index in [1.54, 1.807) is 12.1 Å². The second-order valence-corrected chi connectivity index (χ2v) is 7.56. The van der Waals surface area contributed by atoms with Crippen molar-refractivity contribution in [1.29, 1.82) is 0 Å². The van der Waals surface area contributed by atoms with Gasteiger partial charge in [-0.15, -0.1) is 0 Å². The number of halogens is 1. The Hall–Kier alpha value is -2.54. The number of nitrogens with two attached hydrogens (primary N) is 1. The molecule has 0 spiro atoms. The molecule has 3 heterocycles. The molecule has 27 heavy (non-hydrogen) atoms. The molecule has 2 atom stereocenters. The summed E-state index contributed by atoms with van der Waals surface area (Å²) in [4.78, 5) is 26.1. The Labute approximate surface area is 158 Å². The van der Waals surface area contributed by atoms with E-state index >= 15 is 0 Å². The number of fused-ring (bicyclic) bond motifs is 1. The average molecular weight is 369 g/mol. The smallest absolute Gasteiger partial charge is 0.254 e. The first-order chi connectivity index (χ1) is 13.0. The van der Waals surface area contributed by atoms with Crippen LogP contribution in [0, 0.1) is 31.5 Å². The van der Waals surface area contributed by atoms with E-state index in [2.05, 4.69) is 14.9 Å². The first kappa shape index (κ1) is 17.9. The van der Waals surface area contributed by atoms with E-state index in [0.717, 1.165) is 30.4 Å². The zero-order valence-electron chi connectivity index (χ0n) is 15.7. The monoisotopic (exact) mass is 369 g/mol. The predicted molar refractivity (Wildman–Crippen MR) is 101 cm³/mol. The van der Waals surface area contributed by atoms with E-state index in [-0.39, 0.29) is 12.5 Å². The Morgan fingerprint density at radius 1 is 1.15 bits per heavy atom. The molecule has 1 aromatic heterocycles. The quantitative estimate of drug-likeness (QED) is 0.894. The minimum atomic E-state index is -0.416. The number of benzene rings is 1. The van der Waals surface area contributed by atoms with Crippen molar-refractivity contribution in [2.24, 2.45) is 17.6 Å². The number of anilines is 1. The molecule has 2 fully saturated rings. The molecular weight excluding hydrogens is 345 g/mol. The first-order valence-electron chi connectivity index (χ1n) is 9.30. The van der Waals surface area contributed by atoms with Crippen molar-refractivity contribution in [2.75, 3.05) is 31.1 Å². The maximum atomic E-state index is 14.0. The third-order valence-corrected chi connectivity index (χ3v) is 5.58. The Bertz CT molecular complexity index is 852. The van der Waals surface area contributed by atoms with E-state index in [1.165, 1.54) is 6.07 Å². The lowest BCUT2D eigenvalue weighted by molar-refractivity contribution is 0.0781. The normalized spacial score (nSPS) is 21.6. The number of rotatable bonds is 3. The topological polar surface area (TPSA) is 75.4 Å². The SMILES string of the molecule is Cc1cc(C)nc(N2CC3CN(C(=O)c4cccc(F)c4CN)CC3C2)n1. The van der Waals surface area contributed by atoms with Crippen LogP contribution >= 0.6 is 0 Å². The number of hydrogen-bond acceptors (Lipinski definition) is 5. The number of likely N-dealkylation sites (tertiary alicyclic amines) is 1. The van der Waals surface area contributed by atoms with E-state index in [9.17, 15) is 9.18 Å². The second-order valence-electron chi connectivity index (χ2n) is 7.56. The second kappa shape index (κ2) is 6.88. The third-order valence-electron chi connectivity index (χ3n) is 5.58. The predicted octanol–water partition coefficient (Wildman–Crippen LogP) is 1.90. The molecule has 2 aliphatic heterocycles. The molecular formula is C20H24FN5O. The van der Waals surface area contributed by atoms with Crippen molar-refractivity contribution in [3.05, 3.63) is 52.6 Å². The van der Waals surface area contributed by atoms with Gasteiger partial charge in [0.25, 0.3) is 5.91 Å². The highest BCUT2D eigenvalue weighted by Crippen LogP contribution is 2.34. The number of hydrogen-bond donors (Lipinski definition) is 1. The summed E-state index contributed by atoms with van der Waals surface area (Å²) < 4.78 is 14.0. The maximum Gasteiger partial charge on any atom is 0.254 e. The van der Waals surface area contributed by atoms with Crippen molar-refractivity contribution >= 4 is 11.9 Å². The summed E-state index contributed by atoms with van der Waals surface area (Å²) in [6.07, 6.45) is 0. The van der Waals surface area contributed by atoms with Gasteiger partial charge in [0, 0.05) is 67.1 Å². The van der Waals surface area contributed by atoms with Crippen LogP contribution in [0.25, 0.3) is 0 Å². The maximum absolute atomic E-state index is 14.0. The van der Waals surface area contributed by atoms with Crippen LogP contribution in [-0.4, -0.2) is 47.0 Å². The van der Waals surface area contributed by atoms with Gasteiger partial charge in [-0.05, 0) is 32.0 Å². The van der Waals surface area contributed by atoms with Gasteiger partial charge in [-0.2, -0.15) is 0 Å². The largest absolute Gasteiger partial charge is 0.340 e. The van der Waals surface area contributed by atoms with Crippen LogP contribution in [0.5, 0.6) is 0 Å². The van der Waals surface area contributed by atoms with Crippen LogP contribution in [0.4, 0.5) is 10.3 Å². The average Bonchev–Trinajstić information content (AvgIpc) is 3.19. The van der Waals surface area contributed by atoms with Crippen molar-refractivity contribution < 1.29 is 9.18 Å². The zero-order chi connectivity index (χ0) is 19.1. The molecule has 2 unspecified atom stereocenters. The molecule has 0 aliphatic carbocycles. The summed E-state index contributed by atoms with van der Waals surface area (Å²) in [5.74, 6) is 0.997. The lowest BCUT2D eigenvalue weighted by Crippen LogP contribution is -2.34. The van der Waals surface area contributed by atoms with Crippen LogP contribution < -0.4 is 10.6 Å². The molecule has 0 radical (unpaired) electrons. The molecule has 1 aromatic carbocycles. The Kier molecular flexibility index (Phi) is 4.55. The van der Waals surface area contributed by atoms with Crippen LogP contribution in [0.3, 0.4) is 0 Å². The highest BCUT2D eigenvalue weighted by atomic mass is 19.1. The van der Waals surface area contributed by atoms with E-state index < -0.39 is 5.82 Å². The molecule has 6 nitrogen and oxygen atoms in total. The van der Waals surface area contributed by atoms with Crippen molar-refractivity contribution in [2.45, 2.75) is 20.4 Å². The van der Waals surface area contributed by atoms with Gasteiger partial charge in [-0.25, -0.2) is 14.4 Å². The van der Waals surface area contributed by atoms with Crippen LogP contribution in [0.1, 0.15) is 27.3 Å². The van der Waals surface area contributed by atoms with Gasteiger partial charge in [0.15, 0.2) is 0 Å². The highest BCUT2D eigenvalue weighted by Gasteiger charge is 2.42. The number of amides is 1. The van der Waals surface area contributed by atoms with E-state index in [4.69, 9.17) is 5.73 Å². The Balaban J connectivity index is 1.47. The van der Waals surface area contributed by atoms with Gasteiger partial charge in [0.05, 0.1) is 0 Å². The highest BCUT2D eigenvalue weighted by molar-refractivity contribution is 5.96. The van der Waals surface area contributed by atoms with Crippen LogP contribution in [0.2, 0.25) is 0 Å². The lowest BCUT2D eigenvalue weighted by atomic mass is 10.0. The number of carbonyl (C=O) groups excluding carboxylic acids is 1. The minimum absolute atomic E-state index is 0.0201. The minimum Gasteiger partial charge on any atom is -0.340 e. The molecule has 142 valence electrons. The summed E-state index contributed by atoms with van der Waals surface area (Å²) in [5.41, 5.74) is 8.26. The van der Waals surface area contributed by atoms with Crippen molar-refractivity contribution in [1.82, 2.24) is 14.9 Å². The summed E-state index contributed by atoms with van der Waals surface area (Å²) in [6.45, 7) is 6.99. The number of aromatic nitrogens is 2. The van der Waals surface area contributed by atoms with Gasteiger partial charge in [-0.3, -0.25) is 4.79 Å². The molecule has 2 aliphatic rings. The van der Waals surface area contributed by atoms with Gasteiger partial charge in [-0.1, -0.05) is 6.07 Å². The van der Waals surface area contributed by atoms with E-state index in [0.29, 0.717) is 36.1 Å². The molecule has 2 N–H and O–H groups in total. The summed E-state index contributed by atoms with van der Waals surface area (Å²) >= 11 is 0. The van der Waals surface area contributed by atoms with Crippen LogP contribution in [0.15, 0.2) is 24.3 Å². The molecule has 4 rings (SSSR count). The van der Waals surface area contributed by atoms with Gasteiger partial charge >= 0.3 is 0 Å². The molecule has 1 amide bonds. The summed E-state index contributed by atoms with van der Waals surface area (Å²) in [7, 11) is 0. The molecule has 2 aromatic rings. The van der Waals surface area contributed by atoms with Gasteiger partial charge in [0.1, 0.15) is 5.82 Å². The number of carbonyl (C=O) groups is 1. The first-order valence-corrected chi connectivity index (χ1v) is 9.30. The summed E-state index contributed by atoms with van der Waals surface area (Å²) in [6, 6.07) is 6.55. The number of nitrogens with zero attached hydrogens (tertiary/aromatic N) is 4. The third kappa shape index (κ3) is 3.27. The fourth-order valence-corrected chi connectivity index (χ4v) is 4.31. The zero-order valence-corrected chi connectivity index (χ0v) is 15.7. The van der Waals surface area contributed by atoms with Gasteiger partial charge in [0.2, 0.25) is 5.95 Å².